The van der Waals surface area contributed by atoms with Crippen molar-refractivity contribution in [3.63, 3.8) is 0 Å². The first-order chi connectivity index (χ1) is 8.08. The number of imidazole rings is 1. The minimum absolute atomic E-state index is 0.0101. The third-order valence-electron chi connectivity index (χ3n) is 2.17. The predicted molar refractivity (Wildman–Crippen MR) is 66.3 cm³/mol. The van der Waals surface area contributed by atoms with E-state index in [2.05, 4.69) is 9.97 Å². The molecule has 2 aromatic heterocycles. The smallest absolute Gasteiger partial charge is 0.342 e. The predicted octanol–water partition coefficient (Wildman–Crippen LogP) is 2.39. The number of hydrogen-bond acceptors (Lipinski definition) is 6. The minimum atomic E-state index is -0.436. The molecule has 8 heteroatoms. The van der Waals surface area contributed by atoms with E-state index in [9.17, 15) is 10.1 Å². The first-order valence-electron chi connectivity index (χ1n) is 4.78. The van der Waals surface area contributed by atoms with Crippen molar-refractivity contribution < 1.29 is 4.92 Å². The topological polar surface area (TPSA) is 73.8 Å². The Labute approximate surface area is 106 Å². The number of thiazole rings is 1. The van der Waals surface area contributed by atoms with Gasteiger partial charge in [0.15, 0.2) is 4.34 Å². The summed E-state index contributed by atoms with van der Waals surface area (Å²) in [5.74, 6) is 1.27. The summed E-state index contributed by atoms with van der Waals surface area (Å²) < 4.78 is 2.45. The van der Waals surface area contributed by atoms with Gasteiger partial charge >= 0.3 is 5.82 Å². The van der Waals surface area contributed by atoms with Gasteiger partial charge in [-0.15, -0.1) is 11.3 Å². The zero-order valence-corrected chi connectivity index (χ0v) is 10.9. The van der Waals surface area contributed by atoms with Crippen molar-refractivity contribution in [3.05, 3.63) is 33.2 Å². The maximum absolute atomic E-state index is 10.6. The van der Waals surface area contributed by atoms with Crippen molar-refractivity contribution in [2.45, 2.75) is 17.0 Å². The van der Waals surface area contributed by atoms with E-state index in [1.807, 2.05) is 13.1 Å². The molecule has 0 saturated heterocycles. The Hall–Kier alpha value is -1.41. The largest absolute Gasteiger partial charge is 0.358 e. The summed E-state index contributed by atoms with van der Waals surface area (Å²) in [5, 5.41) is 10.6. The van der Waals surface area contributed by atoms with E-state index in [0.717, 1.165) is 9.22 Å². The van der Waals surface area contributed by atoms with Gasteiger partial charge in [-0.05, 0) is 11.8 Å². The van der Waals surface area contributed by atoms with E-state index >= 15 is 0 Å². The number of nitrogens with zero attached hydrogens (tertiary/aromatic N) is 4. The maximum atomic E-state index is 10.6. The van der Waals surface area contributed by atoms with Gasteiger partial charge in [0.05, 0.1) is 12.8 Å². The Morgan fingerprint density at radius 1 is 1.53 bits per heavy atom. The van der Waals surface area contributed by atoms with E-state index in [1.165, 1.54) is 22.5 Å². The number of nitro groups is 1. The molecular weight excluding hydrogens is 260 g/mol. The van der Waals surface area contributed by atoms with Crippen molar-refractivity contribution in [3.8, 4) is 0 Å². The van der Waals surface area contributed by atoms with Gasteiger partial charge in [0, 0.05) is 11.1 Å². The number of aryl methyl sites for hydroxylation is 1. The Bertz CT molecular complexity index is 549. The second-order valence-corrected chi connectivity index (χ2v) is 5.83. The van der Waals surface area contributed by atoms with Gasteiger partial charge in [-0.3, -0.25) is 0 Å². The highest BCUT2D eigenvalue weighted by molar-refractivity contribution is 8.00. The molecule has 0 aliphatic heterocycles. The average molecular weight is 270 g/mol. The Morgan fingerprint density at radius 3 is 2.82 bits per heavy atom. The monoisotopic (exact) mass is 270 g/mol. The van der Waals surface area contributed by atoms with Crippen molar-refractivity contribution >= 4 is 28.9 Å². The summed E-state index contributed by atoms with van der Waals surface area (Å²) >= 11 is 3.14. The van der Waals surface area contributed by atoms with Crippen LogP contribution in [0, 0.1) is 17.0 Å². The molecular formula is C9H10N4O2S2. The molecule has 0 aliphatic rings. The molecule has 17 heavy (non-hydrogen) atoms. The van der Waals surface area contributed by atoms with Crippen molar-refractivity contribution in [1.82, 2.24) is 14.5 Å². The zero-order chi connectivity index (χ0) is 12.4. The molecule has 2 aromatic rings. The van der Waals surface area contributed by atoms with Crippen LogP contribution in [0.15, 0.2) is 16.7 Å². The first kappa shape index (κ1) is 12.1. The molecule has 0 radical (unpaired) electrons. The fraction of sp³-hybridized carbons (Fsp3) is 0.333. The van der Waals surface area contributed by atoms with E-state index < -0.39 is 4.92 Å². The van der Waals surface area contributed by atoms with Gasteiger partial charge in [-0.2, -0.15) is 0 Å². The van der Waals surface area contributed by atoms with Crippen molar-refractivity contribution in [1.29, 1.82) is 0 Å². The zero-order valence-electron chi connectivity index (χ0n) is 9.28. The van der Waals surface area contributed by atoms with E-state index in [0.29, 0.717) is 11.6 Å². The molecule has 0 aliphatic carbocycles. The maximum Gasteiger partial charge on any atom is 0.342 e. The van der Waals surface area contributed by atoms with Crippen LogP contribution in [0.3, 0.4) is 0 Å². The highest BCUT2D eigenvalue weighted by atomic mass is 32.2. The second-order valence-electron chi connectivity index (χ2n) is 3.37. The lowest BCUT2D eigenvalue weighted by atomic mass is 10.7. The molecule has 0 atom stereocenters. The molecule has 0 spiro atoms. The molecule has 0 fully saturated rings. The lowest BCUT2D eigenvalue weighted by Gasteiger charge is -1.97. The van der Waals surface area contributed by atoms with Crippen molar-refractivity contribution in [2.24, 2.45) is 7.05 Å². The van der Waals surface area contributed by atoms with Gasteiger partial charge in [-0.25, -0.2) is 14.5 Å². The molecule has 0 aromatic carbocycles. The molecule has 6 nitrogen and oxygen atoms in total. The highest BCUT2D eigenvalue weighted by Gasteiger charge is 2.16. The summed E-state index contributed by atoms with van der Waals surface area (Å²) in [4.78, 5) is 19.6. The Kier molecular flexibility index (Phi) is 3.43. The number of thioether (sulfide) groups is 1. The summed E-state index contributed by atoms with van der Waals surface area (Å²) in [5.41, 5.74) is 0. The van der Waals surface area contributed by atoms with Crippen molar-refractivity contribution in [2.75, 3.05) is 0 Å². The van der Waals surface area contributed by atoms with E-state index in [4.69, 9.17) is 0 Å². The van der Waals surface area contributed by atoms with Gasteiger partial charge < -0.3 is 10.1 Å². The lowest BCUT2D eigenvalue weighted by Crippen LogP contribution is -2.00. The quantitative estimate of drug-likeness (QED) is 0.484. The minimum Gasteiger partial charge on any atom is -0.358 e. The van der Waals surface area contributed by atoms with Crippen LogP contribution in [-0.4, -0.2) is 19.5 Å². The summed E-state index contributed by atoms with van der Waals surface area (Å²) in [6.45, 7) is 1.99. The van der Waals surface area contributed by atoms with Gasteiger partial charge in [0.25, 0.3) is 0 Å². The van der Waals surface area contributed by atoms with Gasteiger partial charge in [-0.1, -0.05) is 11.8 Å². The number of aromatic nitrogens is 3. The third kappa shape index (κ3) is 2.64. The SMILES string of the molecule is Cc1cnc(SCc2ncc([N+](=O)[O-])n2C)s1. The van der Waals surface area contributed by atoms with Crippen LogP contribution < -0.4 is 0 Å². The number of hydrogen-bond donors (Lipinski definition) is 0. The van der Waals surface area contributed by atoms with Gasteiger partial charge in [0.1, 0.15) is 6.20 Å². The molecule has 0 N–H and O–H groups in total. The molecule has 90 valence electrons. The normalized spacial score (nSPS) is 10.7. The fourth-order valence-electron chi connectivity index (χ4n) is 1.27. The standard InChI is InChI=1S/C9H10N4O2S2/c1-6-3-11-9(17-6)16-5-7-10-4-8(12(7)2)13(14)15/h3-4H,5H2,1-2H3. The second kappa shape index (κ2) is 4.84. The number of rotatable bonds is 4. The van der Waals surface area contributed by atoms with E-state index in [1.54, 1.807) is 18.4 Å². The van der Waals surface area contributed by atoms with Crippen LogP contribution in [0.25, 0.3) is 0 Å². The van der Waals surface area contributed by atoms with Crippen LogP contribution in [0.4, 0.5) is 5.82 Å². The van der Waals surface area contributed by atoms with Crippen LogP contribution in [0.5, 0.6) is 0 Å². The molecule has 0 bridgehead atoms. The molecule has 2 rings (SSSR count). The van der Waals surface area contributed by atoms with Crippen LogP contribution in [0.1, 0.15) is 10.7 Å². The fourth-order valence-corrected chi connectivity index (χ4v) is 3.21. The van der Waals surface area contributed by atoms with Crippen LogP contribution in [-0.2, 0) is 12.8 Å². The first-order valence-corrected chi connectivity index (χ1v) is 6.58. The molecule has 0 saturated carbocycles. The average Bonchev–Trinajstić information content (AvgIpc) is 2.82. The summed E-state index contributed by atoms with van der Waals surface area (Å²) in [6.07, 6.45) is 3.09. The Morgan fingerprint density at radius 2 is 2.29 bits per heavy atom. The van der Waals surface area contributed by atoms with Crippen LogP contribution in [0.2, 0.25) is 0 Å². The molecule has 0 unspecified atom stereocenters. The van der Waals surface area contributed by atoms with Gasteiger partial charge in [0.2, 0.25) is 5.82 Å². The third-order valence-corrected chi connectivity index (χ3v) is 4.24. The lowest BCUT2D eigenvalue weighted by molar-refractivity contribution is -0.391. The van der Waals surface area contributed by atoms with E-state index in [-0.39, 0.29) is 5.82 Å². The Balaban J connectivity index is 2.07. The highest BCUT2D eigenvalue weighted by Crippen LogP contribution is 2.27. The summed E-state index contributed by atoms with van der Waals surface area (Å²) in [7, 11) is 1.65. The molecule has 2 heterocycles. The molecule has 0 amide bonds. The summed E-state index contributed by atoms with van der Waals surface area (Å²) in [6, 6.07) is 0. The van der Waals surface area contributed by atoms with Crippen LogP contribution >= 0.6 is 23.1 Å².